The van der Waals surface area contributed by atoms with Crippen LogP contribution in [0, 0.1) is 10.1 Å². The fraction of sp³-hybridized carbons (Fsp3) is 0.0645. The number of halogens is 3. The average Bonchev–Trinajstić information content (AvgIpc) is 3.45. The van der Waals surface area contributed by atoms with Crippen LogP contribution in [0.4, 0.5) is 5.69 Å². The smallest absolute Gasteiger partial charge is 0.282 e. The first-order chi connectivity index (χ1) is 21.2. The molecule has 4 aromatic carbocycles. The van der Waals surface area contributed by atoms with Crippen molar-refractivity contribution in [3.63, 3.8) is 0 Å². The van der Waals surface area contributed by atoms with Gasteiger partial charge in [-0.05, 0) is 92.0 Å². The highest BCUT2D eigenvalue weighted by Gasteiger charge is 2.19. The molecule has 10 nitrogen and oxygen atoms in total. The zero-order valence-electron chi connectivity index (χ0n) is 22.7. The third kappa shape index (κ3) is 5.77. The Morgan fingerprint density at radius 3 is 2.55 bits per heavy atom. The first-order valence-electron chi connectivity index (χ1n) is 12.9. The molecule has 220 valence electrons. The minimum atomic E-state index is -0.456. The second kappa shape index (κ2) is 12.3. The Hall–Kier alpha value is -4.33. The molecule has 0 aliphatic rings. The highest BCUT2D eigenvalue weighted by molar-refractivity contribution is 9.13. The number of rotatable bonds is 8. The molecular weight excluding hydrogens is 764 g/mol. The van der Waals surface area contributed by atoms with E-state index in [-0.39, 0.29) is 23.7 Å². The summed E-state index contributed by atoms with van der Waals surface area (Å²) in [5.74, 6) is 1.43. The molecule has 0 aliphatic heterocycles. The Labute approximate surface area is 274 Å². The number of nitro benzene ring substituents is 1. The van der Waals surface area contributed by atoms with Crippen molar-refractivity contribution in [3.05, 3.63) is 124 Å². The van der Waals surface area contributed by atoms with Crippen molar-refractivity contribution in [2.75, 3.05) is 7.11 Å². The summed E-state index contributed by atoms with van der Waals surface area (Å²) < 4.78 is 21.0. The summed E-state index contributed by atoms with van der Waals surface area (Å²) in [7, 11) is 1.51. The van der Waals surface area contributed by atoms with Gasteiger partial charge in [-0.25, -0.2) is 4.98 Å². The summed E-state index contributed by atoms with van der Waals surface area (Å²) >= 11 is 10.7. The molecule has 13 heteroatoms. The average molecular weight is 783 g/mol. The van der Waals surface area contributed by atoms with Crippen LogP contribution < -0.4 is 15.0 Å². The molecule has 0 radical (unpaired) electrons. The van der Waals surface area contributed by atoms with Gasteiger partial charge in [-0.2, -0.15) is 9.78 Å². The molecule has 2 aromatic heterocycles. The molecule has 0 saturated heterocycles. The lowest BCUT2D eigenvalue weighted by molar-refractivity contribution is -0.384. The fourth-order valence-electron chi connectivity index (χ4n) is 4.49. The van der Waals surface area contributed by atoms with Gasteiger partial charge >= 0.3 is 0 Å². The Morgan fingerprint density at radius 1 is 1.02 bits per heavy atom. The molecule has 0 N–H and O–H groups in total. The van der Waals surface area contributed by atoms with Gasteiger partial charge in [0.2, 0.25) is 5.82 Å². The van der Waals surface area contributed by atoms with Crippen LogP contribution in [-0.4, -0.2) is 27.9 Å². The first-order valence-corrected chi connectivity index (χ1v) is 15.3. The number of hydrogen-bond donors (Lipinski definition) is 0. The fourth-order valence-corrected chi connectivity index (χ4v) is 5.80. The second-order valence-electron chi connectivity index (χ2n) is 9.44. The number of ether oxygens (including phenoxy) is 2. The number of nitrogens with zero attached hydrogens (tertiary/aromatic N) is 4. The molecule has 6 aromatic rings. The van der Waals surface area contributed by atoms with Crippen LogP contribution in [0.15, 0.2) is 107 Å². The van der Waals surface area contributed by atoms with Crippen molar-refractivity contribution in [1.29, 1.82) is 0 Å². The van der Waals surface area contributed by atoms with Crippen LogP contribution in [0.25, 0.3) is 33.5 Å². The Kier molecular flexibility index (Phi) is 8.34. The van der Waals surface area contributed by atoms with Gasteiger partial charge in [-0.3, -0.25) is 14.9 Å². The molecule has 0 fully saturated rings. The lowest BCUT2D eigenvalue weighted by Gasteiger charge is -2.15. The van der Waals surface area contributed by atoms with E-state index in [0.29, 0.717) is 48.3 Å². The lowest BCUT2D eigenvalue weighted by atomic mass is 10.2. The Balaban J connectivity index is 1.39. The molecule has 0 bridgehead atoms. The number of furan rings is 1. The van der Waals surface area contributed by atoms with Crippen molar-refractivity contribution in [2.24, 2.45) is 5.10 Å². The molecule has 44 heavy (non-hydrogen) atoms. The summed E-state index contributed by atoms with van der Waals surface area (Å²) in [6.07, 6.45) is 1.51. The number of hydrogen-bond acceptors (Lipinski definition) is 8. The minimum absolute atomic E-state index is 0.00355. The van der Waals surface area contributed by atoms with Crippen LogP contribution in [0.3, 0.4) is 0 Å². The number of methoxy groups -OCH3 is 1. The number of nitro groups is 1. The molecule has 0 atom stereocenters. The van der Waals surface area contributed by atoms with Gasteiger partial charge in [-0.15, -0.1) is 0 Å². The summed E-state index contributed by atoms with van der Waals surface area (Å²) in [5, 5.41) is 16.8. The van der Waals surface area contributed by atoms with E-state index in [9.17, 15) is 14.9 Å². The van der Waals surface area contributed by atoms with Crippen LogP contribution in [-0.2, 0) is 6.61 Å². The summed E-state index contributed by atoms with van der Waals surface area (Å²) in [6.45, 7) is 0.141. The maximum absolute atomic E-state index is 13.7. The number of fused-ring (bicyclic) bond motifs is 2. The summed E-state index contributed by atoms with van der Waals surface area (Å²) in [6, 6.07) is 22.3. The molecule has 0 saturated carbocycles. The van der Waals surface area contributed by atoms with Crippen LogP contribution in [0.1, 0.15) is 11.1 Å². The molecular formula is C31H19Br3N4O6. The van der Waals surface area contributed by atoms with Crippen molar-refractivity contribution < 1.29 is 18.8 Å². The predicted molar refractivity (Wildman–Crippen MR) is 178 cm³/mol. The minimum Gasteiger partial charge on any atom is -0.493 e. The molecule has 0 aliphatic carbocycles. The molecule has 0 amide bonds. The van der Waals surface area contributed by atoms with Crippen molar-refractivity contribution in [2.45, 2.75) is 6.61 Å². The third-order valence-electron chi connectivity index (χ3n) is 6.67. The molecule has 0 unspecified atom stereocenters. The normalized spacial score (nSPS) is 11.5. The van der Waals surface area contributed by atoms with E-state index >= 15 is 0 Å². The highest BCUT2D eigenvalue weighted by atomic mass is 79.9. The largest absolute Gasteiger partial charge is 0.493 e. The van der Waals surface area contributed by atoms with E-state index < -0.39 is 4.92 Å². The summed E-state index contributed by atoms with van der Waals surface area (Å²) in [5.41, 5.74) is 2.10. The summed E-state index contributed by atoms with van der Waals surface area (Å²) in [4.78, 5) is 28.9. The zero-order valence-corrected chi connectivity index (χ0v) is 27.4. The highest BCUT2D eigenvalue weighted by Crippen LogP contribution is 2.42. The maximum Gasteiger partial charge on any atom is 0.282 e. The third-order valence-corrected chi connectivity index (χ3v) is 9.31. The number of aromatic nitrogens is 2. The maximum atomic E-state index is 13.7. The number of benzene rings is 4. The zero-order chi connectivity index (χ0) is 31.0. The number of non-ortho nitro benzene ring substituents is 1. The Bertz CT molecular complexity index is 2160. The van der Waals surface area contributed by atoms with Crippen molar-refractivity contribution in [3.8, 4) is 23.1 Å². The molecule has 0 spiro atoms. The van der Waals surface area contributed by atoms with Crippen molar-refractivity contribution >= 4 is 81.6 Å². The SMILES string of the molecule is COc1cc(C=Nn2c(-c3cc4cc(Br)ccc4o3)nc3ccccc3c2=O)c(Br)c(Br)c1OCc1ccc([N+](=O)[O-])cc1. The Morgan fingerprint density at radius 2 is 1.80 bits per heavy atom. The van der Waals surface area contributed by atoms with Crippen LogP contribution in [0.5, 0.6) is 11.5 Å². The monoisotopic (exact) mass is 780 g/mol. The van der Waals surface area contributed by atoms with E-state index in [2.05, 4.69) is 52.9 Å². The van der Waals surface area contributed by atoms with Gasteiger partial charge in [0.05, 0.1) is 33.6 Å². The topological polar surface area (TPSA) is 122 Å². The predicted octanol–water partition coefficient (Wildman–Crippen LogP) is 8.48. The van der Waals surface area contributed by atoms with E-state index in [1.807, 2.05) is 30.3 Å². The van der Waals surface area contributed by atoms with Gasteiger partial charge in [0.15, 0.2) is 17.3 Å². The lowest BCUT2D eigenvalue weighted by Crippen LogP contribution is -2.20. The van der Waals surface area contributed by atoms with Crippen molar-refractivity contribution in [1.82, 2.24) is 9.66 Å². The van der Waals surface area contributed by atoms with Gasteiger partial charge < -0.3 is 13.9 Å². The van der Waals surface area contributed by atoms with Crippen LogP contribution in [0.2, 0.25) is 0 Å². The van der Waals surface area contributed by atoms with Gasteiger partial charge in [0, 0.05) is 32.0 Å². The van der Waals surface area contributed by atoms with E-state index in [4.69, 9.17) is 18.9 Å². The first kappa shape index (κ1) is 29.7. The number of para-hydroxylation sites is 1. The second-order valence-corrected chi connectivity index (χ2v) is 11.9. The quantitative estimate of drug-likeness (QED) is 0.0863. The van der Waals surface area contributed by atoms with E-state index in [1.165, 1.54) is 30.1 Å². The van der Waals surface area contributed by atoms with Gasteiger partial charge in [-0.1, -0.05) is 28.1 Å². The van der Waals surface area contributed by atoms with Gasteiger partial charge in [0.1, 0.15) is 12.2 Å². The van der Waals surface area contributed by atoms with E-state index in [1.54, 1.807) is 36.4 Å². The van der Waals surface area contributed by atoms with E-state index in [0.717, 1.165) is 15.4 Å². The molecule has 2 heterocycles. The van der Waals surface area contributed by atoms with Crippen LogP contribution >= 0.6 is 47.8 Å². The van der Waals surface area contributed by atoms with Gasteiger partial charge in [0.25, 0.3) is 11.2 Å². The molecule has 6 rings (SSSR count). The standard InChI is InChI=1S/C31H19Br3N4O6/c1-42-25-14-19(27(33)28(34)29(25)43-16-17-6-9-21(10-7-17)38(40)41)15-35-37-30(36-23-5-3-2-4-22(23)31(37)39)26-13-18-12-20(32)8-11-24(18)44-26/h2-15H,16H2,1H3.